The quantitative estimate of drug-likeness (QED) is 0.906. The van der Waals surface area contributed by atoms with E-state index < -0.39 is 12.0 Å². The predicted octanol–water partition coefficient (Wildman–Crippen LogP) is 1.17. The zero-order valence-electron chi connectivity index (χ0n) is 10.2. The molecule has 0 saturated carbocycles. The van der Waals surface area contributed by atoms with Crippen LogP contribution in [0.5, 0.6) is 0 Å². The van der Waals surface area contributed by atoms with Crippen LogP contribution in [-0.4, -0.2) is 37.2 Å². The lowest BCUT2D eigenvalue weighted by Gasteiger charge is -2.20. The summed E-state index contributed by atoms with van der Waals surface area (Å²) in [6.07, 6.45) is 2.15. The van der Waals surface area contributed by atoms with E-state index in [0.29, 0.717) is 0 Å². The van der Waals surface area contributed by atoms with E-state index in [-0.39, 0.29) is 5.92 Å². The van der Waals surface area contributed by atoms with Crippen LogP contribution in [0.1, 0.15) is 6.42 Å². The fourth-order valence-electron chi connectivity index (χ4n) is 2.34. The van der Waals surface area contributed by atoms with Gasteiger partial charge in [-0.05, 0) is 34.5 Å². The number of hydrogen-bond donors (Lipinski definition) is 1. The molecule has 1 aromatic heterocycles. The van der Waals surface area contributed by atoms with Gasteiger partial charge >= 0.3 is 0 Å². The molecule has 0 spiro atoms. The van der Waals surface area contributed by atoms with Crippen LogP contribution in [0.3, 0.4) is 0 Å². The number of primary amides is 1. The third-order valence-electron chi connectivity index (χ3n) is 3.22. The number of anilines is 1. The van der Waals surface area contributed by atoms with Crippen LogP contribution in [0, 0.1) is 5.92 Å². The van der Waals surface area contributed by atoms with Crippen molar-refractivity contribution >= 4 is 27.7 Å². The fourth-order valence-corrected chi connectivity index (χ4v) is 2.57. The summed E-state index contributed by atoms with van der Waals surface area (Å²) in [4.78, 5) is 17.8. The van der Waals surface area contributed by atoms with Crippen LogP contribution in [-0.2, 0) is 9.53 Å². The number of nitrogens with two attached hydrogens (primary N) is 1. The number of amides is 1. The second-order valence-corrected chi connectivity index (χ2v) is 5.30. The van der Waals surface area contributed by atoms with Gasteiger partial charge in [-0.2, -0.15) is 0 Å². The molecule has 1 fully saturated rings. The van der Waals surface area contributed by atoms with Crippen LogP contribution in [0.15, 0.2) is 22.8 Å². The molecule has 1 aliphatic heterocycles. The van der Waals surface area contributed by atoms with Crippen LogP contribution >= 0.6 is 15.9 Å². The molecule has 6 heteroatoms. The molecular weight excluding hydrogens is 298 g/mol. The van der Waals surface area contributed by atoms with E-state index in [1.807, 2.05) is 12.1 Å². The Bertz CT molecular complexity index is 424. The lowest BCUT2D eigenvalue weighted by atomic mass is 10.0. The van der Waals surface area contributed by atoms with Crippen LogP contribution in [0.25, 0.3) is 0 Å². The van der Waals surface area contributed by atoms with Crippen molar-refractivity contribution in [2.24, 2.45) is 11.7 Å². The van der Waals surface area contributed by atoms with E-state index in [9.17, 15) is 4.79 Å². The number of rotatable bonds is 4. The van der Waals surface area contributed by atoms with Crippen molar-refractivity contribution in [3.8, 4) is 0 Å². The Morgan fingerprint density at radius 2 is 2.44 bits per heavy atom. The van der Waals surface area contributed by atoms with Crippen molar-refractivity contribution in [3.05, 3.63) is 22.8 Å². The van der Waals surface area contributed by atoms with Crippen molar-refractivity contribution in [1.29, 1.82) is 0 Å². The monoisotopic (exact) mass is 313 g/mol. The number of ether oxygens (including phenoxy) is 1. The smallest absolute Gasteiger partial charge is 0.246 e. The number of pyridine rings is 1. The summed E-state index contributed by atoms with van der Waals surface area (Å²) < 4.78 is 6.12. The van der Waals surface area contributed by atoms with Gasteiger partial charge in [0.05, 0.1) is 0 Å². The average Bonchev–Trinajstić information content (AvgIpc) is 2.80. The maximum atomic E-state index is 11.3. The Labute approximate surface area is 114 Å². The molecule has 0 bridgehead atoms. The summed E-state index contributed by atoms with van der Waals surface area (Å²) >= 11 is 3.36. The minimum Gasteiger partial charge on any atom is -0.371 e. The van der Waals surface area contributed by atoms with Crippen molar-refractivity contribution in [2.75, 3.05) is 25.1 Å². The summed E-state index contributed by atoms with van der Waals surface area (Å²) in [5, 5.41) is 0. The van der Waals surface area contributed by atoms with Gasteiger partial charge in [-0.3, -0.25) is 4.79 Å². The fraction of sp³-hybridized carbons (Fsp3) is 0.500. The van der Waals surface area contributed by atoms with Gasteiger partial charge in [-0.15, -0.1) is 0 Å². The normalized spacial score (nSPS) is 21.0. The van der Waals surface area contributed by atoms with E-state index in [4.69, 9.17) is 10.5 Å². The number of nitrogens with zero attached hydrogens (tertiary/aromatic N) is 2. The first-order chi connectivity index (χ1) is 8.61. The van der Waals surface area contributed by atoms with E-state index in [1.54, 1.807) is 6.20 Å². The largest absolute Gasteiger partial charge is 0.371 e. The second kappa shape index (κ2) is 5.67. The highest BCUT2D eigenvalue weighted by Crippen LogP contribution is 2.26. The Hall–Kier alpha value is -1.14. The number of aromatic nitrogens is 1. The number of carbonyl (C=O) groups excluding carboxylic acids is 1. The number of carbonyl (C=O) groups is 1. The summed E-state index contributed by atoms with van der Waals surface area (Å²) in [6, 6.07) is 3.91. The van der Waals surface area contributed by atoms with E-state index in [0.717, 1.165) is 29.8 Å². The minimum absolute atomic E-state index is 0.137. The number of halogens is 1. The van der Waals surface area contributed by atoms with E-state index >= 15 is 0 Å². The van der Waals surface area contributed by atoms with Gasteiger partial charge in [-0.25, -0.2) is 4.98 Å². The average molecular weight is 314 g/mol. The highest BCUT2D eigenvalue weighted by atomic mass is 79.9. The number of methoxy groups -OCH3 is 1. The molecule has 1 aromatic rings. The van der Waals surface area contributed by atoms with Gasteiger partial charge < -0.3 is 15.4 Å². The van der Waals surface area contributed by atoms with Crippen LogP contribution in [0.4, 0.5) is 5.82 Å². The molecular formula is C12H16BrN3O2. The molecule has 2 rings (SSSR count). The van der Waals surface area contributed by atoms with E-state index in [2.05, 4.69) is 25.8 Å². The van der Waals surface area contributed by atoms with Crippen molar-refractivity contribution in [1.82, 2.24) is 4.98 Å². The molecule has 1 amide bonds. The molecule has 0 aromatic carbocycles. The summed E-state index contributed by atoms with van der Waals surface area (Å²) in [6.45, 7) is 1.61. The van der Waals surface area contributed by atoms with Gasteiger partial charge in [-0.1, -0.05) is 0 Å². The highest BCUT2D eigenvalue weighted by Gasteiger charge is 2.33. The van der Waals surface area contributed by atoms with Crippen molar-refractivity contribution < 1.29 is 9.53 Å². The summed E-state index contributed by atoms with van der Waals surface area (Å²) in [5.41, 5.74) is 5.33. The topological polar surface area (TPSA) is 68.5 Å². The molecule has 1 saturated heterocycles. The van der Waals surface area contributed by atoms with Crippen molar-refractivity contribution in [3.63, 3.8) is 0 Å². The molecule has 2 atom stereocenters. The third kappa shape index (κ3) is 2.81. The van der Waals surface area contributed by atoms with Gasteiger partial charge in [0.2, 0.25) is 5.91 Å². The molecule has 1 unspecified atom stereocenters. The Balaban J connectivity index is 2.04. The van der Waals surface area contributed by atoms with Gasteiger partial charge in [0.25, 0.3) is 0 Å². The Kier molecular flexibility index (Phi) is 4.19. The predicted molar refractivity (Wildman–Crippen MR) is 72.2 cm³/mol. The maximum absolute atomic E-state index is 11.3. The minimum atomic E-state index is -0.509. The summed E-state index contributed by atoms with van der Waals surface area (Å²) in [7, 11) is 1.52. The lowest BCUT2D eigenvalue weighted by Crippen LogP contribution is -2.38. The third-order valence-corrected chi connectivity index (χ3v) is 3.69. The molecule has 2 N–H and O–H groups in total. The first-order valence-corrected chi connectivity index (χ1v) is 6.59. The molecule has 5 nitrogen and oxygen atoms in total. The molecule has 98 valence electrons. The van der Waals surface area contributed by atoms with Gasteiger partial charge in [0.15, 0.2) is 0 Å². The van der Waals surface area contributed by atoms with Crippen molar-refractivity contribution in [2.45, 2.75) is 12.5 Å². The Morgan fingerprint density at radius 1 is 1.67 bits per heavy atom. The molecule has 2 heterocycles. The second-order valence-electron chi connectivity index (χ2n) is 4.39. The molecule has 1 aliphatic rings. The van der Waals surface area contributed by atoms with Gasteiger partial charge in [0, 0.05) is 36.8 Å². The summed E-state index contributed by atoms with van der Waals surface area (Å²) in [5.74, 6) is 0.658. The first kappa shape index (κ1) is 13.3. The molecule has 0 radical (unpaired) electrons. The zero-order valence-corrected chi connectivity index (χ0v) is 11.8. The Morgan fingerprint density at radius 3 is 3.00 bits per heavy atom. The molecule has 0 aliphatic carbocycles. The standard InChI is InChI=1S/C12H16BrN3O2/c1-18-11(12(14)17)8-4-5-16(7-8)10-3-2-9(13)6-15-10/h2-3,6,8,11H,4-5,7H2,1H3,(H2,14,17)/t8-,11?/m1/s1. The zero-order chi connectivity index (χ0) is 13.1. The van der Waals surface area contributed by atoms with E-state index in [1.165, 1.54) is 7.11 Å². The van der Waals surface area contributed by atoms with Crippen LogP contribution in [0.2, 0.25) is 0 Å². The first-order valence-electron chi connectivity index (χ1n) is 5.80. The highest BCUT2D eigenvalue weighted by molar-refractivity contribution is 9.10. The lowest BCUT2D eigenvalue weighted by molar-refractivity contribution is -0.130. The number of hydrogen-bond acceptors (Lipinski definition) is 4. The molecule has 18 heavy (non-hydrogen) atoms. The van der Waals surface area contributed by atoms with Gasteiger partial charge in [0.1, 0.15) is 11.9 Å². The maximum Gasteiger partial charge on any atom is 0.246 e. The van der Waals surface area contributed by atoms with Crippen LogP contribution < -0.4 is 10.6 Å². The SMILES string of the molecule is COC(C(N)=O)[C@@H]1CCN(c2ccc(Br)cn2)C1.